The number of hydrogen-bond acceptors (Lipinski definition) is 10. The number of benzene rings is 4. The Hall–Kier alpha value is -5.58. The summed E-state index contributed by atoms with van der Waals surface area (Å²) in [6.45, 7) is 3.19. The van der Waals surface area contributed by atoms with Crippen molar-refractivity contribution in [2.75, 3.05) is 13.2 Å². The zero-order valence-corrected chi connectivity index (χ0v) is 25.2. The van der Waals surface area contributed by atoms with Crippen LogP contribution in [0.15, 0.2) is 134 Å². The van der Waals surface area contributed by atoms with E-state index in [0.29, 0.717) is 0 Å². The van der Waals surface area contributed by atoms with E-state index in [-0.39, 0.29) is 28.9 Å². The van der Waals surface area contributed by atoms with Crippen molar-refractivity contribution in [1.82, 2.24) is 0 Å². The molecule has 5 atom stereocenters. The Balaban J connectivity index is 1.53. The van der Waals surface area contributed by atoms with Crippen LogP contribution >= 0.6 is 0 Å². The average molecular weight is 637 g/mol. The van der Waals surface area contributed by atoms with E-state index in [1.54, 1.807) is 121 Å². The zero-order chi connectivity index (χ0) is 33.0. The molecular formula is C37H32O10. The maximum absolute atomic E-state index is 13.5. The molecule has 0 radical (unpaired) electrons. The molecule has 1 fully saturated rings. The van der Waals surface area contributed by atoms with Crippen LogP contribution in [-0.4, -0.2) is 67.8 Å². The van der Waals surface area contributed by atoms with Crippen molar-refractivity contribution in [3.63, 3.8) is 0 Å². The second-order valence-electron chi connectivity index (χ2n) is 10.3. The van der Waals surface area contributed by atoms with Gasteiger partial charge in [-0.25, -0.2) is 19.2 Å². The summed E-state index contributed by atoms with van der Waals surface area (Å²) in [5.41, 5.74) is 0.876. The lowest BCUT2D eigenvalue weighted by Gasteiger charge is -2.44. The molecule has 0 aliphatic carbocycles. The molecule has 1 heterocycles. The van der Waals surface area contributed by atoms with Crippen LogP contribution in [0.25, 0.3) is 0 Å². The van der Waals surface area contributed by atoms with Crippen molar-refractivity contribution in [3.8, 4) is 0 Å². The Kier molecular flexibility index (Phi) is 11.3. The minimum Gasteiger partial charge on any atom is -0.459 e. The molecule has 0 amide bonds. The highest BCUT2D eigenvalue weighted by atomic mass is 16.7. The van der Waals surface area contributed by atoms with Gasteiger partial charge in [0.1, 0.15) is 12.7 Å². The molecule has 10 nitrogen and oxygen atoms in total. The number of carbonyl (C=O) groups excluding carboxylic acids is 4. The second kappa shape index (κ2) is 16.1. The molecule has 0 bridgehead atoms. The van der Waals surface area contributed by atoms with Gasteiger partial charge >= 0.3 is 23.9 Å². The Morgan fingerprint density at radius 2 is 0.936 bits per heavy atom. The maximum Gasteiger partial charge on any atom is 0.338 e. The first-order valence-electron chi connectivity index (χ1n) is 14.8. The molecule has 4 aromatic carbocycles. The second-order valence-corrected chi connectivity index (χ2v) is 10.3. The standard InChI is InChI=1S/C37H32O10/c1-2-23-42-37-32(47-36(41)28-21-13-6-14-22-28)31(46-35(40)27-19-11-5-12-20-27)30(45-34(39)26-17-9-4-10-18-26)29(44-37)24-43-33(38)25-15-7-3-8-16-25/h2-22,29-32,37H,1,23-24H2/t29-,30-,31+,32-,37+/m0/s1. The molecule has 0 unspecified atom stereocenters. The fourth-order valence-corrected chi connectivity index (χ4v) is 4.82. The molecule has 1 aliphatic heterocycles. The predicted octanol–water partition coefficient (Wildman–Crippen LogP) is 5.45. The number of esters is 4. The van der Waals surface area contributed by atoms with E-state index in [1.807, 2.05) is 0 Å². The van der Waals surface area contributed by atoms with Crippen LogP contribution in [0, 0.1) is 0 Å². The first-order valence-corrected chi connectivity index (χ1v) is 14.8. The summed E-state index contributed by atoms with van der Waals surface area (Å²) in [5, 5.41) is 0. The minimum atomic E-state index is -1.48. The molecule has 5 rings (SSSR count). The molecular weight excluding hydrogens is 604 g/mol. The van der Waals surface area contributed by atoms with E-state index in [2.05, 4.69) is 6.58 Å². The highest BCUT2D eigenvalue weighted by Crippen LogP contribution is 2.31. The van der Waals surface area contributed by atoms with Gasteiger partial charge < -0.3 is 28.4 Å². The van der Waals surface area contributed by atoms with Gasteiger partial charge in [0, 0.05) is 0 Å². The van der Waals surface area contributed by atoms with Crippen molar-refractivity contribution < 1.29 is 47.6 Å². The number of carbonyl (C=O) groups is 4. The van der Waals surface area contributed by atoms with Gasteiger partial charge in [-0.1, -0.05) is 78.9 Å². The number of hydrogen-bond donors (Lipinski definition) is 0. The van der Waals surface area contributed by atoms with E-state index in [0.717, 1.165) is 0 Å². The average Bonchev–Trinajstić information content (AvgIpc) is 3.13. The van der Waals surface area contributed by atoms with Crippen LogP contribution in [0.1, 0.15) is 41.4 Å². The van der Waals surface area contributed by atoms with Crippen LogP contribution in [0.5, 0.6) is 0 Å². The van der Waals surface area contributed by atoms with Crippen molar-refractivity contribution >= 4 is 23.9 Å². The molecule has 1 aliphatic rings. The van der Waals surface area contributed by atoms with Gasteiger partial charge in [-0.05, 0) is 48.5 Å². The Labute approximate surface area is 271 Å². The largest absolute Gasteiger partial charge is 0.459 e. The van der Waals surface area contributed by atoms with E-state index in [4.69, 9.17) is 28.4 Å². The van der Waals surface area contributed by atoms with Gasteiger partial charge in [-0.3, -0.25) is 0 Å². The van der Waals surface area contributed by atoms with Crippen LogP contribution in [0.2, 0.25) is 0 Å². The van der Waals surface area contributed by atoms with E-state index in [9.17, 15) is 19.2 Å². The van der Waals surface area contributed by atoms with Crippen molar-refractivity contribution in [3.05, 3.63) is 156 Å². The highest BCUT2D eigenvalue weighted by molar-refractivity contribution is 5.91. The highest BCUT2D eigenvalue weighted by Gasteiger charge is 2.53. The third kappa shape index (κ3) is 8.57. The van der Waals surface area contributed by atoms with Crippen LogP contribution < -0.4 is 0 Å². The molecule has 10 heteroatoms. The molecule has 1 saturated heterocycles. The third-order valence-corrected chi connectivity index (χ3v) is 7.12. The monoisotopic (exact) mass is 636 g/mol. The molecule has 240 valence electrons. The van der Waals surface area contributed by atoms with Gasteiger partial charge in [0.25, 0.3) is 0 Å². The van der Waals surface area contributed by atoms with Crippen molar-refractivity contribution in [2.24, 2.45) is 0 Å². The maximum atomic E-state index is 13.5. The Morgan fingerprint density at radius 1 is 0.553 bits per heavy atom. The lowest BCUT2D eigenvalue weighted by Crippen LogP contribution is -2.63. The van der Waals surface area contributed by atoms with E-state index in [1.165, 1.54) is 6.08 Å². The lowest BCUT2D eigenvalue weighted by atomic mass is 9.97. The lowest BCUT2D eigenvalue weighted by molar-refractivity contribution is -0.295. The summed E-state index contributed by atoms with van der Waals surface area (Å²) in [4.78, 5) is 53.2. The molecule has 0 N–H and O–H groups in total. The normalized spacial score (nSPS) is 20.3. The fourth-order valence-electron chi connectivity index (χ4n) is 4.82. The van der Waals surface area contributed by atoms with Crippen LogP contribution in [-0.2, 0) is 28.4 Å². The quantitative estimate of drug-likeness (QED) is 0.113. The summed E-state index contributed by atoms with van der Waals surface area (Å²) in [5.74, 6) is -3.00. The number of rotatable bonds is 12. The molecule has 0 saturated carbocycles. The Bertz CT molecular complexity index is 1640. The first kappa shape index (κ1) is 32.8. The van der Waals surface area contributed by atoms with Crippen molar-refractivity contribution in [1.29, 1.82) is 0 Å². The van der Waals surface area contributed by atoms with Gasteiger partial charge in [-0.2, -0.15) is 0 Å². The SMILES string of the molecule is C=CCO[C@@H]1O[C@@H](COC(=O)c2ccccc2)[C@H](OC(=O)c2ccccc2)[C@@H](OC(=O)c2ccccc2)[C@@H]1OC(=O)c1ccccc1. The summed E-state index contributed by atoms with van der Waals surface area (Å²) < 4.78 is 35.5. The summed E-state index contributed by atoms with van der Waals surface area (Å²) in [6.07, 6.45) is -5.49. The summed E-state index contributed by atoms with van der Waals surface area (Å²) in [6, 6.07) is 32.7. The van der Waals surface area contributed by atoms with Gasteiger partial charge in [-0.15, -0.1) is 6.58 Å². The zero-order valence-electron chi connectivity index (χ0n) is 25.2. The minimum absolute atomic E-state index is 0.0472. The topological polar surface area (TPSA) is 124 Å². The Morgan fingerprint density at radius 3 is 1.36 bits per heavy atom. The molecule has 4 aromatic rings. The summed E-state index contributed by atoms with van der Waals surface area (Å²) >= 11 is 0. The van der Waals surface area contributed by atoms with Crippen LogP contribution in [0.3, 0.4) is 0 Å². The van der Waals surface area contributed by atoms with Gasteiger partial charge in [0.15, 0.2) is 24.6 Å². The molecule has 0 aromatic heterocycles. The predicted molar refractivity (Wildman–Crippen MR) is 168 cm³/mol. The molecule has 0 spiro atoms. The fraction of sp³-hybridized carbons (Fsp3) is 0.189. The van der Waals surface area contributed by atoms with Crippen molar-refractivity contribution in [2.45, 2.75) is 30.7 Å². The summed E-state index contributed by atoms with van der Waals surface area (Å²) in [7, 11) is 0. The molecule has 47 heavy (non-hydrogen) atoms. The van der Waals surface area contributed by atoms with Gasteiger partial charge in [0.2, 0.25) is 0 Å². The van der Waals surface area contributed by atoms with E-state index >= 15 is 0 Å². The van der Waals surface area contributed by atoms with E-state index < -0.39 is 61.2 Å². The van der Waals surface area contributed by atoms with Gasteiger partial charge in [0.05, 0.1) is 28.9 Å². The smallest absolute Gasteiger partial charge is 0.338 e. The third-order valence-electron chi connectivity index (χ3n) is 7.12. The number of ether oxygens (including phenoxy) is 6. The first-order chi connectivity index (χ1) is 22.9. The van der Waals surface area contributed by atoms with Crippen LogP contribution in [0.4, 0.5) is 0 Å².